The first-order valence-corrected chi connectivity index (χ1v) is 15.9. The first kappa shape index (κ1) is 33.1. The number of primary amides is 1. The molecule has 43 heavy (non-hydrogen) atoms. The second kappa shape index (κ2) is 14.3. The standard InChI is InChI=1S/C26H36N4O4.C9H16/c1-4-22-23(17-31)34-30(24(22)25(27)32)16-18-7-5-8-21(15-18)19-9-11-20(12-10-19)26(33)28-13-6-14-29(2)3;1-6-4-7-5-9(2,3)8(6)7/h5,7-12,15,22-24,31H,4,6,13-14,16-17H2,1-3H3,(H2,27,32)(H,28,33);6-8H,4-5H2,1-3H3/t;6?,7?,8-/m.1/s1. The molecule has 2 aromatic rings. The molecule has 1 saturated heterocycles. The molecule has 0 bridgehead atoms. The molecule has 6 atom stereocenters. The number of amides is 2. The third-order valence-corrected chi connectivity index (χ3v) is 9.71. The first-order chi connectivity index (χ1) is 20.4. The Kier molecular flexibility index (Phi) is 11.0. The fourth-order valence-electron chi connectivity index (χ4n) is 7.73. The zero-order valence-electron chi connectivity index (χ0n) is 26.9. The molecule has 1 aliphatic heterocycles. The van der Waals surface area contributed by atoms with Gasteiger partial charge in [0, 0.05) is 18.0 Å². The average molecular weight is 593 g/mol. The van der Waals surface area contributed by atoms with Gasteiger partial charge in [-0.25, -0.2) is 0 Å². The van der Waals surface area contributed by atoms with Gasteiger partial charge in [0.25, 0.3) is 5.91 Å². The van der Waals surface area contributed by atoms with Crippen molar-refractivity contribution in [3.8, 4) is 11.1 Å². The highest BCUT2D eigenvalue weighted by molar-refractivity contribution is 5.94. The van der Waals surface area contributed by atoms with Crippen molar-refractivity contribution in [3.63, 3.8) is 0 Å². The topological polar surface area (TPSA) is 108 Å². The van der Waals surface area contributed by atoms with Crippen molar-refractivity contribution in [3.05, 3.63) is 59.7 Å². The molecule has 2 aliphatic carbocycles. The number of nitrogens with two attached hydrogens (primary N) is 1. The maximum atomic E-state index is 12.4. The summed E-state index contributed by atoms with van der Waals surface area (Å²) in [7, 11) is 4.02. The van der Waals surface area contributed by atoms with Crippen LogP contribution < -0.4 is 11.1 Å². The number of hydrogen-bond acceptors (Lipinski definition) is 6. The minimum Gasteiger partial charge on any atom is -0.394 e. The number of rotatable bonds is 11. The molecule has 5 unspecified atom stereocenters. The lowest BCUT2D eigenvalue weighted by atomic mass is 9.42. The summed E-state index contributed by atoms with van der Waals surface area (Å²) in [6.45, 7) is 11.0. The van der Waals surface area contributed by atoms with Crippen molar-refractivity contribution in [1.29, 1.82) is 0 Å². The quantitative estimate of drug-likeness (QED) is 0.326. The van der Waals surface area contributed by atoms with Crippen molar-refractivity contribution >= 4 is 11.8 Å². The van der Waals surface area contributed by atoms with Crippen LogP contribution in [0.15, 0.2) is 48.5 Å². The van der Waals surface area contributed by atoms with Gasteiger partial charge in [0.05, 0.1) is 13.2 Å². The van der Waals surface area contributed by atoms with Gasteiger partial charge in [-0.05, 0) is 104 Å². The molecule has 2 saturated carbocycles. The van der Waals surface area contributed by atoms with Crippen molar-refractivity contribution in [1.82, 2.24) is 15.3 Å². The lowest BCUT2D eigenvalue weighted by Gasteiger charge is -2.63. The van der Waals surface area contributed by atoms with Crippen molar-refractivity contribution < 1.29 is 19.5 Å². The van der Waals surface area contributed by atoms with Gasteiger partial charge >= 0.3 is 0 Å². The predicted octanol–water partition coefficient (Wildman–Crippen LogP) is 4.71. The number of carbonyl (C=O) groups is 2. The van der Waals surface area contributed by atoms with E-state index in [0.29, 0.717) is 30.5 Å². The van der Waals surface area contributed by atoms with E-state index < -0.39 is 18.1 Å². The van der Waals surface area contributed by atoms with Crippen LogP contribution in [0.2, 0.25) is 0 Å². The monoisotopic (exact) mass is 592 g/mol. The Morgan fingerprint density at radius 1 is 1.14 bits per heavy atom. The third kappa shape index (κ3) is 7.85. The van der Waals surface area contributed by atoms with E-state index in [1.165, 1.54) is 12.8 Å². The zero-order chi connectivity index (χ0) is 31.3. The lowest BCUT2D eigenvalue weighted by Crippen LogP contribution is -2.55. The maximum absolute atomic E-state index is 12.4. The minimum atomic E-state index is -0.582. The summed E-state index contributed by atoms with van der Waals surface area (Å²) in [5.74, 6) is 2.60. The molecule has 4 N–H and O–H groups in total. The van der Waals surface area contributed by atoms with Gasteiger partial charge in [-0.3, -0.25) is 14.4 Å². The summed E-state index contributed by atoms with van der Waals surface area (Å²) < 4.78 is 0. The van der Waals surface area contributed by atoms with Gasteiger partial charge in [-0.2, -0.15) is 5.06 Å². The first-order valence-electron chi connectivity index (χ1n) is 15.9. The molecule has 5 rings (SSSR count). The Bertz CT molecular complexity index is 1230. The summed E-state index contributed by atoms with van der Waals surface area (Å²) in [6.07, 6.45) is 4.17. The molecule has 0 radical (unpaired) electrons. The fraction of sp³-hybridized carbons (Fsp3) is 0.600. The average Bonchev–Trinajstić information content (AvgIpc) is 3.32. The summed E-state index contributed by atoms with van der Waals surface area (Å²) >= 11 is 0. The molecular formula is C35H52N4O4. The lowest BCUT2D eigenvalue weighted by molar-refractivity contribution is -0.180. The van der Waals surface area contributed by atoms with E-state index in [0.717, 1.165) is 47.4 Å². The van der Waals surface area contributed by atoms with E-state index in [1.807, 2.05) is 69.6 Å². The molecule has 0 aromatic heterocycles. The number of benzene rings is 2. The number of hydroxylamine groups is 2. The Labute approximate surface area is 257 Å². The van der Waals surface area contributed by atoms with E-state index in [-0.39, 0.29) is 18.4 Å². The van der Waals surface area contributed by atoms with Gasteiger partial charge in [0.1, 0.15) is 12.1 Å². The molecular weight excluding hydrogens is 540 g/mol. The van der Waals surface area contributed by atoms with E-state index in [1.54, 1.807) is 5.06 Å². The van der Waals surface area contributed by atoms with Crippen LogP contribution in [-0.2, 0) is 16.2 Å². The molecule has 3 fully saturated rings. The molecule has 2 aromatic carbocycles. The van der Waals surface area contributed by atoms with Crippen LogP contribution in [-0.4, -0.2) is 72.8 Å². The minimum absolute atomic E-state index is 0.0772. The summed E-state index contributed by atoms with van der Waals surface area (Å²) in [6, 6.07) is 14.9. The van der Waals surface area contributed by atoms with Crippen LogP contribution in [0, 0.1) is 29.1 Å². The predicted molar refractivity (Wildman–Crippen MR) is 171 cm³/mol. The van der Waals surface area contributed by atoms with Gasteiger partial charge < -0.3 is 21.1 Å². The summed E-state index contributed by atoms with van der Waals surface area (Å²) in [4.78, 5) is 32.4. The van der Waals surface area contributed by atoms with Crippen LogP contribution in [0.3, 0.4) is 0 Å². The summed E-state index contributed by atoms with van der Waals surface area (Å²) in [5, 5.41) is 14.2. The summed E-state index contributed by atoms with van der Waals surface area (Å²) in [5.41, 5.74) is 9.93. The second-order valence-corrected chi connectivity index (χ2v) is 13.7. The molecule has 8 heteroatoms. The van der Waals surface area contributed by atoms with Crippen molar-refractivity contribution in [2.24, 2.45) is 34.8 Å². The van der Waals surface area contributed by atoms with Gasteiger partial charge in [-0.15, -0.1) is 0 Å². The van der Waals surface area contributed by atoms with Crippen LogP contribution in [0.1, 0.15) is 69.3 Å². The second-order valence-electron chi connectivity index (χ2n) is 13.7. The number of carbonyl (C=O) groups excluding carboxylic acids is 2. The van der Waals surface area contributed by atoms with Crippen LogP contribution >= 0.6 is 0 Å². The van der Waals surface area contributed by atoms with Crippen LogP contribution in [0.4, 0.5) is 0 Å². The van der Waals surface area contributed by atoms with Crippen molar-refractivity contribution in [2.75, 3.05) is 33.8 Å². The SMILES string of the molecule is CC1CC2CC(C)(C)[C@H]12.CCC1C(CO)ON(Cc2cccc(-c3ccc(C(=O)NCCCN(C)C)cc3)c2)C1C(N)=O. The Balaban J connectivity index is 0.000000395. The zero-order valence-corrected chi connectivity index (χ0v) is 26.9. The highest BCUT2D eigenvalue weighted by Crippen LogP contribution is 2.64. The number of aliphatic hydroxyl groups excluding tert-OH is 1. The molecule has 1 heterocycles. The van der Waals surface area contributed by atoms with Gasteiger partial charge in [-0.1, -0.05) is 58.0 Å². The smallest absolute Gasteiger partial charge is 0.251 e. The Morgan fingerprint density at radius 2 is 1.86 bits per heavy atom. The number of aliphatic hydroxyl groups is 1. The maximum Gasteiger partial charge on any atom is 0.251 e. The van der Waals surface area contributed by atoms with E-state index >= 15 is 0 Å². The highest BCUT2D eigenvalue weighted by atomic mass is 16.7. The van der Waals surface area contributed by atoms with E-state index in [2.05, 4.69) is 31.0 Å². The largest absolute Gasteiger partial charge is 0.394 e. The Hall–Kier alpha value is -2.78. The molecule has 0 spiro atoms. The van der Waals surface area contributed by atoms with E-state index in [4.69, 9.17) is 10.6 Å². The van der Waals surface area contributed by atoms with Crippen LogP contribution in [0.5, 0.6) is 0 Å². The van der Waals surface area contributed by atoms with Crippen LogP contribution in [0.25, 0.3) is 11.1 Å². The van der Waals surface area contributed by atoms with Gasteiger partial charge in [0.15, 0.2) is 0 Å². The highest BCUT2D eigenvalue weighted by Gasteiger charge is 2.56. The number of nitrogens with zero attached hydrogens (tertiary/aromatic N) is 2. The molecule has 236 valence electrons. The molecule has 2 amide bonds. The van der Waals surface area contributed by atoms with Gasteiger partial charge in [0.2, 0.25) is 5.91 Å². The third-order valence-electron chi connectivity index (χ3n) is 9.71. The molecule has 3 aliphatic rings. The van der Waals surface area contributed by atoms with Crippen molar-refractivity contribution in [2.45, 2.75) is 72.1 Å². The molecule has 8 nitrogen and oxygen atoms in total. The number of fused-ring (bicyclic) bond motifs is 1. The normalized spacial score (nSPS) is 27.3. The number of nitrogens with one attached hydrogen (secondary N) is 1. The fourth-order valence-corrected chi connectivity index (χ4v) is 7.73. The van der Waals surface area contributed by atoms with E-state index in [9.17, 15) is 14.7 Å². The number of hydrogen-bond donors (Lipinski definition) is 3. The Morgan fingerprint density at radius 3 is 2.40 bits per heavy atom.